The van der Waals surface area contributed by atoms with Crippen molar-refractivity contribution in [2.75, 3.05) is 12.4 Å². The fraction of sp³-hybridized carbons (Fsp3) is 0.286. The van der Waals surface area contributed by atoms with Crippen molar-refractivity contribution in [3.63, 3.8) is 0 Å². The zero-order valence-corrected chi connectivity index (χ0v) is 19.8. The van der Waals surface area contributed by atoms with Gasteiger partial charge in [0.05, 0.1) is 7.11 Å². The molecule has 0 aliphatic heterocycles. The van der Waals surface area contributed by atoms with E-state index in [0.29, 0.717) is 12.8 Å². The summed E-state index contributed by atoms with van der Waals surface area (Å²) in [5, 5.41) is 15.7. The molecule has 3 rings (SSSR count). The topological polar surface area (TPSA) is 87.7 Å². The minimum atomic E-state index is -1.03. The summed E-state index contributed by atoms with van der Waals surface area (Å²) in [4.78, 5) is 25.0. The number of benzene rings is 3. The zero-order chi connectivity index (χ0) is 24.5. The van der Waals surface area contributed by atoms with Crippen LogP contribution < -0.4 is 15.4 Å². The predicted molar refractivity (Wildman–Crippen MR) is 135 cm³/mol. The van der Waals surface area contributed by atoms with Gasteiger partial charge in [-0.05, 0) is 53.3 Å². The van der Waals surface area contributed by atoms with Crippen LogP contribution in [0.3, 0.4) is 0 Å². The molecule has 1 amide bonds. The number of hydrogen-bond acceptors (Lipinski definition) is 4. The third-order valence-corrected chi connectivity index (χ3v) is 5.55. The SMILES string of the molecule is COc1ccc(CC(Nc2cccc(-c3ccccc3)c2)C(=O)NC(CC(C)C)C(=O)O)cc1. The molecule has 6 nitrogen and oxygen atoms in total. The van der Waals surface area contributed by atoms with Crippen LogP contribution in [0.1, 0.15) is 25.8 Å². The molecule has 2 atom stereocenters. The highest BCUT2D eigenvalue weighted by atomic mass is 16.5. The van der Waals surface area contributed by atoms with Crippen LogP contribution in [0.5, 0.6) is 5.75 Å². The summed E-state index contributed by atoms with van der Waals surface area (Å²) in [6.45, 7) is 3.87. The highest BCUT2D eigenvalue weighted by Gasteiger charge is 2.26. The van der Waals surface area contributed by atoms with Crippen LogP contribution >= 0.6 is 0 Å². The molecule has 0 heterocycles. The van der Waals surface area contributed by atoms with E-state index in [9.17, 15) is 14.7 Å². The minimum Gasteiger partial charge on any atom is -0.497 e. The molecular formula is C28H32N2O4. The minimum absolute atomic E-state index is 0.136. The fourth-order valence-corrected chi connectivity index (χ4v) is 3.79. The van der Waals surface area contributed by atoms with Crippen LogP contribution in [-0.2, 0) is 16.0 Å². The summed E-state index contributed by atoms with van der Waals surface area (Å²) in [7, 11) is 1.60. The number of anilines is 1. The van der Waals surface area contributed by atoms with Crippen LogP contribution in [0, 0.1) is 5.92 Å². The lowest BCUT2D eigenvalue weighted by Crippen LogP contribution is -2.49. The summed E-state index contributed by atoms with van der Waals surface area (Å²) in [6, 6.07) is 23.8. The number of rotatable bonds is 11. The summed E-state index contributed by atoms with van der Waals surface area (Å²) in [6.07, 6.45) is 0.749. The summed E-state index contributed by atoms with van der Waals surface area (Å²) in [5.74, 6) is -0.515. The molecule has 0 radical (unpaired) electrons. The van der Waals surface area contributed by atoms with Gasteiger partial charge in [0.25, 0.3) is 0 Å². The second kappa shape index (κ2) is 11.9. The first-order valence-corrected chi connectivity index (χ1v) is 11.4. The van der Waals surface area contributed by atoms with Gasteiger partial charge in [0.2, 0.25) is 5.91 Å². The summed E-state index contributed by atoms with van der Waals surface area (Å²) in [5.41, 5.74) is 3.82. The Bertz CT molecular complexity index is 1080. The van der Waals surface area contributed by atoms with Gasteiger partial charge in [-0.25, -0.2) is 4.79 Å². The van der Waals surface area contributed by atoms with Crippen molar-refractivity contribution in [1.29, 1.82) is 0 Å². The Morgan fingerprint density at radius 2 is 1.56 bits per heavy atom. The van der Waals surface area contributed by atoms with Crippen LogP contribution in [-0.4, -0.2) is 36.2 Å². The summed E-state index contributed by atoms with van der Waals surface area (Å²) >= 11 is 0. The Morgan fingerprint density at radius 1 is 0.882 bits per heavy atom. The lowest BCUT2D eigenvalue weighted by Gasteiger charge is -2.23. The van der Waals surface area contributed by atoms with Crippen LogP contribution in [0.25, 0.3) is 11.1 Å². The third-order valence-electron chi connectivity index (χ3n) is 5.55. The summed E-state index contributed by atoms with van der Waals surface area (Å²) < 4.78 is 5.23. The normalized spacial score (nSPS) is 12.6. The number of aliphatic carboxylic acids is 1. The maximum Gasteiger partial charge on any atom is 0.326 e. The Morgan fingerprint density at radius 3 is 2.18 bits per heavy atom. The lowest BCUT2D eigenvalue weighted by molar-refractivity contribution is -0.142. The van der Waals surface area contributed by atoms with Gasteiger partial charge in [0, 0.05) is 12.1 Å². The maximum atomic E-state index is 13.3. The van der Waals surface area contributed by atoms with Crippen LogP contribution in [0.2, 0.25) is 0 Å². The number of carbonyl (C=O) groups is 2. The van der Waals surface area contributed by atoms with Crippen molar-refractivity contribution in [3.8, 4) is 16.9 Å². The number of amides is 1. The Hall–Kier alpha value is -3.80. The molecular weight excluding hydrogens is 428 g/mol. The molecule has 0 saturated heterocycles. The number of carboxylic acid groups (broad SMARTS) is 1. The number of carboxylic acids is 1. The molecule has 0 aliphatic rings. The third kappa shape index (κ3) is 7.10. The highest BCUT2D eigenvalue weighted by molar-refractivity contribution is 5.89. The molecule has 3 aromatic carbocycles. The number of carbonyl (C=O) groups excluding carboxylic acids is 1. The zero-order valence-electron chi connectivity index (χ0n) is 19.8. The maximum absolute atomic E-state index is 13.3. The van der Waals surface area contributed by atoms with E-state index in [2.05, 4.69) is 10.6 Å². The predicted octanol–water partition coefficient (Wildman–Crippen LogP) is 5.00. The second-order valence-corrected chi connectivity index (χ2v) is 8.72. The molecule has 0 aliphatic carbocycles. The first-order valence-electron chi connectivity index (χ1n) is 11.4. The average Bonchev–Trinajstić information content (AvgIpc) is 2.84. The first kappa shape index (κ1) is 24.8. The van der Waals surface area contributed by atoms with E-state index in [-0.39, 0.29) is 11.8 Å². The fourth-order valence-electron chi connectivity index (χ4n) is 3.79. The highest BCUT2D eigenvalue weighted by Crippen LogP contribution is 2.23. The first-order chi connectivity index (χ1) is 16.4. The Labute approximate surface area is 201 Å². The number of hydrogen-bond donors (Lipinski definition) is 3. The molecule has 0 spiro atoms. The van der Waals surface area contributed by atoms with Crippen molar-refractivity contribution in [2.24, 2.45) is 5.92 Å². The van der Waals surface area contributed by atoms with Crippen molar-refractivity contribution >= 4 is 17.6 Å². The molecule has 6 heteroatoms. The molecule has 0 aromatic heterocycles. The van der Waals surface area contributed by atoms with Crippen molar-refractivity contribution < 1.29 is 19.4 Å². The quantitative estimate of drug-likeness (QED) is 0.375. The van der Waals surface area contributed by atoms with Crippen molar-refractivity contribution in [3.05, 3.63) is 84.4 Å². The second-order valence-electron chi connectivity index (χ2n) is 8.72. The molecule has 34 heavy (non-hydrogen) atoms. The van der Waals surface area contributed by atoms with E-state index >= 15 is 0 Å². The van der Waals surface area contributed by atoms with Gasteiger partial charge in [-0.15, -0.1) is 0 Å². The van der Waals surface area contributed by atoms with E-state index in [1.165, 1.54) is 0 Å². The van der Waals surface area contributed by atoms with Crippen molar-refractivity contribution in [2.45, 2.75) is 38.8 Å². The van der Waals surface area contributed by atoms with Gasteiger partial charge in [0.15, 0.2) is 0 Å². The molecule has 0 saturated carbocycles. The van der Waals surface area contributed by atoms with Gasteiger partial charge in [-0.2, -0.15) is 0 Å². The van der Waals surface area contributed by atoms with Gasteiger partial charge < -0.3 is 20.5 Å². The van der Waals surface area contributed by atoms with Crippen LogP contribution in [0.15, 0.2) is 78.9 Å². The van der Waals surface area contributed by atoms with Gasteiger partial charge in [0.1, 0.15) is 17.8 Å². The number of ether oxygens (including phenoxy) is 1. The van der Waals surface area contributed by atoms with E-state index in [4.69, 9.17) is 4.74 Å². The largest absolute Gasteiger partial charge is 0.497 e. The van der Waals surface area contributed by atoms with Gasteiger partial charge >= 0.3 is 5.97 Å². The van der Waals surface area contributed by atoms with Gasteiger partial charge in [-0.3, -0.25) is 4.79 Å². The Kier molecular flexibility index (Phi) is 8.68. The van der Waals surface area contributed by atoms with Crippen LogP contribution in [0.4, 0.5) is 5.69 Å². The molecule has 2 unspecified atom stereocenters. The van der Waals surface area contributed by atoms with Gasteiger partial charge in [-0.1, -0.05) is 68.4 Å². The molecule has 178 valence electrons. The standard InChI is InChI=1S/C28H32N2O4/c1-19(2)16-26(28(32)33)30-27(31)25(17-20-12-14-24(34-3)15-13-20)29-23-11-7-10-22(18-23)21-8-5-4-6-9-21/h4-15,18-19,25-26,29H,16-17H2,1-3H3,(H,30,31)(H,32,33). The molecule has 3 N–H and O–H groups in total. The van der Waals surface area contributed by atoms with E-state index in [0.717, 1.165) is 28.1 Å². The van der Waals surface area contributed by atoms with E-state index in [1.807, 2.05) is 92.7 Å². The lowest BCUT2D eigenvalue weighted by atomic mass is 10.0. The molecule has 0 bridgehead atoms. The Balaban J connectivity index is 1.85. The molecule has 3 aromatic rings. The van der Waals surface area contributed by atoms with E-state index < -0.39 is 18.1 Å². The number of methoxy groups -OCH3 is 1. The van der Waals surface area contributed by atoms with E-state index in [1.54, 1.807) is 7.11 Å². The smallest absolute Gasteiger partial charge is 0.326 e. The monoisotopic (exact) mass is 460 g/mol. The molecule has 0 fully saturated rings. The number of nitrogens with one attached hydrogen (secondary N) is 2. The van der Waals surface area contributed by atoms with Crippen molar-refractivity contribution in [1.82, 2.24) is 5.32 Å². The average molecular weight is 461 g/mol.